The van der Waals surface area contributed by atoms with Gasteiger partial charge in [0.1, 0.15) is 6.23 Å². The van der Waals surface area contributed by atoms with Crippen LogP contribution in [0.3, 0.4) is 0 Å². The molecule has 0 aliphatic carbocycles. The monoisotopic (exact) mass is 394 g/mol. The number of hydrogen-bond acceptors (Lipinski definition) is 7. The molecule has 3 heterocycles. The van der Waals surface area contributed by atoms with Crippen LogP contribution in [0.15, 0.2) is 15.8 Å². The first kappa shape index (κ1) is 17.8. The van der Waals surface area contributed by atoms with Crippen LogP contribution in [0, 0.1) is 6.92 Å². The van der Waals surface area contributed by atoms with Crippen molar-refractivity contribution < 1.29 is 9.26 Å². The lowest BCUT2D eigenvalue weighted by Gasteiger charge is -2.22. The highest BCUT2D eigenvalue weighted by Gasteiger charge is 2.40. The van der Waals surface area contributed by atoms with E-state index >= 15 is 0 Å². The molecule has 2 aliphatic rings. The Morgan fingerprint density at radius 1 is 1.48 bits per heavy atom. The zero-order valence-electron chi connectivity index (χ0n) is 12.9. The van der Waals surface area contributed by atoms with Gasteiger partial charge in [0.25, 0.3) is 5.56 Å². The topological polar surface area (TPSA) is 73.3 Å². The molecule has 23 heavy (non-hydrogen) atoms. The smallest absolute Gasteiger partial charge is 0.330 e. The van der Waals surface area contributed by atoms with E-state index in [-0.39, 0.29) is 17.8 Å². The number of aryl methyl sites for hydroxylation is 1. The Morgan fingerprint density at radius 3 is 2.83 bits per heavy atom. The van der Waals surface area contributed by atoms with Crippen molar-refractivity contribution in [1.29, 1.82) is 0 Å². The molecular weight excluding hydrogens is 375 g/mol. The molecule has 2 fully saturated rings. The zero-order chi connectivity index (χ0) is 16.6. The van der Waals surface area contributed by atoms with Crippen LogP contribution in [0.2, 0.25) is 0 Å². The molecule has 2 aliphatic heterocycles. The number of nitrogens with zero attached hydrogens (tertiary/aromatic N) is 1. The van der Waals surface area contributed by atoms with Gasteiger partial charge in [-0.1, -0.05) is 29.7 Å². The maximum Gasteiger partial charge on any atom is 0.330 e. The summed E-state index contributed by atoms with van der Waals surface area (Å²) in [4.78, 5) is 25.9. The molecule has 0 radical (unpaired) electrons. The van der Waals surface area contributed by atoms with Gasteiger partial charge in [0.05, 0.1) is 12.2 Å². The Morgan fingerprint density at radius 2 is 2.17 bits per heavy atom. The lowest BCUT2D eigenvalue weighted by atomic mass is 10.1. The van der Waals surface area contributed by atoms with Crippen LogP contribution in [0.1, 0.15) is 31.6 Å². The third kappa shape index (κ3) is 3.80. The zero-order valence-corrected chi connectivity index (χ0v) is 16.2. The summed E-state index contributed by atoms with van der Waals surface area (Å²) in [6.45, 7) is 3.71. The quantitative estimate of drug-likeness (QED) is 0.787. The summed E-state index contributed by atoms with van der Waals surface area (Å²) in [7, 11) is 0. The lowest BCUT2D eigenvalue weighted by Crippen LogP contribution is -2.33. The average Bonchev–Trinajstić information content (AvgIpc) is 3.09. The third-order valence-corrected chi connectivity index (χ3v) is 13.6. The van der Waals surface area contributed by atoms with Crippen molar-refractivity contribution in [2.24, 2.45) is 0 Å². The van der Waals surface area contributed by atoms with Crippen LogP contribution < -0.4 is 11.2 Å². The van der Waals surface area contributed by atoms with E-state index in [9.17, 15) is 9.59 Å². The average molecular weight is 394 g/mol. The fourth-order valence-electron chi connectivity index (χ4n) is 2.71. The maximum atomic E-state index is 12.1. The molecule has 6 nitrogen and oxygen atoms in total. The van der Waals surface area contributed by atoms with Crippen molar-refractivity contribution in [3.05, 3.63) is 32.6 Å². The number of H-pyrrole nitrogens is 1. The van der Waals surface area contributed by atoms with E-state index in [0.717, 1.165) is 17.9 Å². The second-order valence-corrected chi connectivity index (χ2v) is 16.2. The van der Waals surface area contributed by atoms with E-state index in [1.165, 1.54) is 4.57 Å². The molecule has 0 spiro atoms. The van der Waals surface area contributed by atoms with Crippen LogP contribution in [0.25, 0.3) is 0 Å². The number of aromatic nitrogens is 2. The standard InChI is InChI=1S/C13H19N2O4PS3/c1-3-9-10(19-20(21)22-4-5-23-20)6-11(18-9)15-7-8(2)12(16)14-13(15)17/h7,9-11H,3-6H2,1-2H3,(H,14,16,17)/t9-,10+,11-/m1/s1. The number of rotatable bonds is 4. The first-order valence-corrected chi connectivity index (χ1v) is 13.4. The Kier molecular flexibility index (Phi) is 5.45. The molecule has 3 rings (SSSR count). The predicted octanol–water partition coefficient (Wildman–Crippen LogP) is 2.63. The molecule has 128 valence electrons. The first-order chi connectivity index (χ1) is 10.9. The SMILES string of the molecule is CC[C@H]1O[C@@H](n2cc(C)c(=O)[nH]c2=O)C[C@@H]1OP1(=S)SCCS1. The van der Waals surface area contributed by atoms with Gasteiger partial charge < -0.3 is 9.26 Å². The van der Waals surface area contributed by atoms with Gasteiger partial charge in [0.2, 0.25) is 0 Å². The van der Waals surface area contributed by atoms with Gasteiger partial charge in [-0.2, -0.15) is 0 Å². The van der Waals surface area contributed by atoms with Crippen LogP contribution in [-0.2, 0) is 21.1 Å². The second-order valence-electron chi connectivity index (χ2n) is 5.51. The number of ether oxygens (including phenoxy) is 1. The van der Waals surface area contributed by atoms with Gasteiger partial charge in [-0.25, -0.2) is 4.79 Å². The number of nitrogens with one attached hydrogen (secondary N) is 1. The maximum absolute atomic E-state index is 12.1. The largest absolute Gasteiger partial charge is 0.352 e. The van der Waals surface area contributed by atoms with Crippen LogP contribution >= 0.6 is 27.4 Å². The van der Waals surface area contributed by atoms with Crippen LogP contribution in [0.4, 0.5) is 0 Å². The van der Waals surface area contributed by atoms with E-state index in [1.54, 1.807) is 35.9 Å². The van der Waals surface area contributed by atoms with E-state index in [2.05, 4.69) is 4.98 Å². The molecule has 0 saturated carbocycles. The number of aromatic amines is 1. The summed E-state index contributed by atoms with van der Waals surface area (Å²) in [5, 5.41) is 0. The molecule has 10 heteroatoms. The highest BCUT2D eigenvalue weighted by Crippen LogP contribution is 2.75. The molecule has 1 aromatic heterocycles. The first-order valence-electron chi connectivity index (χ1n) is 7.47. The van der Waals surface area contributed by atoms with Crippen molar-refractivity contribution >= 4 is 39.2 Å². The fraction of sp³-hybridized carbons (Fsp3) is 0.692. The Hall–Kier alpha value is -0.0500. The highest BCUT2D eigenvalue weighted by molar-refractivity contribution is 9.00. The van der Waals surface area contributed by atoms with E-state index in [0.29, 0.717) is 12.0 Å². The molecule has 2 saturated heterocycles. The Bertz CT molecular complexity index is 739. The van der Waals surface area contributed by atoms with E-state index < -0.39 is 16.6 Å². The van der Waals surface area contributed by atoms with Gasteiger partial charge in [-0.15, -0.1) is 0 Å². The van der Waals surface area contributed by atoms with Crippen LogP contribution in [-0.4, -0.2) is 33.3 Å². The van der Waals surface area contributed by atoms with Gasteiger partial charge in [-0.3, -0.25) is 14.3 Å². The molecule has 0 unspecified atom stereocenters. The summed E-state index contributed by atoms with van der Waals surface area (Å²) in [5.74, 6) is 2.07. The summed E-state index contributed by atoms with van der Waals surface area (Å²) < 4.78 is 11.8. The third-order valence-electron chi connectivity index (χ3n) is 3.89. The van der Waals surface area contributed by atoms with Crippen LogP contribution in [0.5, 0.6) is 0 Å². The fourth-order valence-corrected chi connectivity index (χ4v) is 12.1. The summed E-state index contributed by atoms with van der Waals surface area (Å²) >= 11 is 9.15. The van der Waals surface area contributed by atoms with Crippen molar-refractivity contribution in [3.8, 4) is 0 Å². The van der Waals surface area contributed by atoms with Crippen molar-refractivity contribution in [3.63, 3.8) is 0 Å². The summed E-state index contributed by atoms with van der Waals surface area (Å²) in [5.41, 5.74) is -0.327. The van der Waals surface area contributed by atoms with E-state index in [1.807, 2.05) is 6.92 Å². The minimum absolute atomic E-state index is 0.0826. The number of hydrogen-bond donors (Lipinski definition) is 1. The normalized spacial score (nSPS) is 29.9. The van der Waals surface area contributed by atoms with E-state index in [4.69, 9.17) is 21.1 Å². The van der Waals surface area contributed by atoms with Crippen molar-refractivity contribution in [2.45, 2.75) is 45.1 Å². The van der Waals surface area contributed by atoms with Crippen molar-refractivity contribution in [1.82, 2.24) is 9.55 Å². The Balaban J connectivity index is 1.81. The van der Waals surface area contributed by atoms with Gasteiger partial charge in [-0.05, 0) is 25.2 Å². The Labute approximate surface area is 147 Å². The molecule has 0 bridgehead atoms. The molecule has 3 atom stereocenters. The van der Waals surface area contributed by atoms with Gasteiger partial charge in [0.15, 0.2) is 4.67 Å². The van der Waals surface area contributed by atoms with Crippen molar-refractivity contribution in [2.75, 3.05) is 11.5 Å². The second kappa shape index (κ2) is 7.06. The molecule has 0 amide bonds. The molecular formula is C13H19N2O4PS3. The summed E-state index contributed by atoms with van der Waals surface area (Å²) in [6.07, 6.45) is 2.31. The highest BCUT2D eigenvalue weighted by atomic mass is 33.2. The van der Waals surface area contributed by atoms with Gasteiger partial charge >= 0.3 is 5.69 Å². The lowest BCUT2D eigenvalue weighted by molar-refractivity contribution is -0.0164. The molecule has 0 aromatic carbocycles. The minimum atomic E-state index is -1.88. The predicted molar refractivity (Wildman–Crippen MR) is 99.0 cm³/mol. The minimum Gasteiger partial charge on any atom is -0.352 e. The van der Waals surface area contributed by atoms with Gasteiger partial charge in [0, 0.05) is 29.7 Å². The molecule has 1 N–H and O–H groups in total. The summed E-state index contributed by atoms with van der Waals surface area (Å²) in [6, 6.07) is 0. The molecule has 1 aromatic rings.